The predicted molar refractivity (Wildman–Crippen MR) is 78.0 cm³/mol. The van der Waals surface area contributed by atoms with E-state index in [4.69, 9.17) is 10.5 Å². The summed E-state index contributed by atoms with van der Waals surface area (Å²) in [5.41, 5.74) is 6.58. The maximum atomic E-state index is 12.3. The lowest BCUT2D eigenvalue weighted by atomic mass is 10.1. The first-order chi connectivity index (χ1) is 8.70. The van der Waals surface area contributed by atoms with Crippen LogP contribution in [-0.2, 0) is 0 Å². The van der Waals surface area contributed by atoms with Gasteiger partial charge in [-0.1, -0.05) is 6.07 Å². The van der Waals surface area contributed by atoms with Gasteiger partial charge in [0.2, 0.25) is 0 Å². The standard InChI is InChI=1S/C14H20N2O2.ClH/c1-2-18-13-7-3-5-11(9-13)14(17)16-8-4-6-12(15)10-16;/h3,5,7,9,12H,2,4,6,8,10,15H2,1H3;1H. The van der Waals surface area contributed by atoms with Crippen LogP contribution in [0, 0.1) is 0 Å². The number of likely N-dealkylation sites (tertiary alicyclic amines) is 1. The van der Waals surface area contributed by atoms with Gasteiger partial charge in [0.05, 0.1) is 6.61 Å². The summed E-state index contributed by atoms with van der Waals surface area (Å²) in [5.74, 6) is 0.788. The molecule has 0 saturated carbocycles. The second-order valence-electron chi connectivity index (χ2n) is 4.61. The van der Waals surface area contributed by atoms with Crippen LogP contribution in [0.5, 0.6) is 5.75 Å². The number of nitrogens with zero attached hydrogens (tertiary/aromatic N) is 1. The first kappa shape index (κ1) is 15.8. The van der Waals surface area contributed by atoms with E-state index < -0.39 is 0 Å². The Morgan fingerprint density at radius 2 is 2.32 bits per heavy atom. The monoisotopic (exact) mass is 284 g/mol. The summed E-state index contributed by atoms with van der Waals surface area (Å²) in [6, 6.07) is 7.44. The Morgan fingerprint density at radius 3 is 3.00 bits per heavy atom. The van der Waals surface area contributed by atoms with Crippen molar-refractivity contribution in [2.45, 2.75) is 25.8 Å². The van der Waals surface area contributed by atoms with Gasteiger partial charge in [-0.2, -0.15) is 0 Å². The smallest absolute Gasteiger partial charge is 0.254 e. The number of amides is 1. The summed E-state index contributed by atoms with van der Waals surface area (Å²) < 4.78 is 5.41. The fraction of sp³-hybridized carbons (Fsp3) is 0.500. The summed E-state index contributed by atoms with van der Waals surface area (Å²) in [6.45, 7) is 3.98. The van der Waals surface area contributed by atoms with Crippen molar-refractivity contribution in [2.24, 2.45) is 5.73 Å². The molecule has 0 aromatic heterocycles. The molecule has 1 atom stereocenters. The molecule has 0 aliphatic carbocycles. The summed E-state index contributed by atoms with van der Waals surface area (Å²) >= 11 is 0. The van der Waals surface area contributed by atoms with Gasteiger partial charge in [-0.3, -0.25) is 4.79 Å². The van der Waals surface area contributed by atoms with Crippen LogP contribution in [0.15, 0.2) is 24.3 Å². The van der Waals surface area contributed by atoms with Crippen LogP contribution in [0.3, 0.4) is 0 Å². The molecule has 2 N–H and O–H groups in total. The van der Waals surface area contributed by atoms with E-state index in [1.54, 1.807) is 6.07 Å². The lowest BCUT2D eigenvalue weighted by Crippen LogP contribution is -2.45. The molecule has 4 nitrogen and oxygen atoms in total. The van der Waals surface area contributed by atoms with Crippen molar-refractivity contribution in [1.82, 2.24) is 4.90 Å². The highest BCUT2D eigenvalue weighted by Gasteiger charge is 2.22. The molecule has 1 fully saturated rings. The third kappa shape index (κ3) is 4.11. The minimum atomic E-state index is 0. The molecule has 1 aromatic rings. The van der Waals surface area contributed by atoms with E-state index in [0.717, 1.165) is 25.1 Å². The van der Waals surface area contributed by atoms with E-state index >= 15 is 0 Å². The molecule has 1 heterocycles. The van der Waals surface area contributed by atoms with Crippen LogP contribution in [0.2, 0.25) is 0 Å². The van der Waals surface area contributed by atoms with Gasteiger partial charge in [0.1, 0.15) is 5.75 Å². The van der Waals surface area contributed by atoms with E-state index in [9.17, 15) is 4.79 Å². The largest absolute Gasteiger partial charge is 0.494 e. The van der Waals surface area contributed by atoms with E-state index in [1.807, 2.05) is 30.0 Å². The highest BCUT2D eigenvalue weighted by molar-refractivity contribution is 5.94. The van der Waals surface area contributed by atoms with Crippen LogP contribution >= 0.6 is 12.4 Å². The van der Waals surface area contributed by atoms with Crippen LogP contribution in [0.1, 0.15) is 30.1 Å². The number of halogens is 1. The number of rotatable bonds is 3. The molecule has 0 spiro atoms. The Balaban J connectivity index is 0.00000180. The van der Waals surface area contributed by atoms with Gasteiger partial charge < -0.3 is 15.4 Å². The highest BCUT2D eigenvalue weighted by atomic mass is 35.5. The van der Waals surface area contributed by atoms with Crippen molar-refractivity contribution < 1.29 is 9.53 Å². The van der Waals surface area contributed by atoms with E-state index in [1.165, 1.54) is 0 Å². The Bertz CT molecular complexity index is 426. The lowest BCUT2D eigenvalue weighted by Gasteiger charge is -2.30. The predicted octanol–water partition coefficient (Wildman–Crippen LogP) is 2.07. The van der Waals surface area contributed by atoms with Crippen molar-refractivity contribution in [3.63, 3.8) is 0 Å². The topological polar surface area (TPSA) is 55.6 Å². The molecule has 106 valence electrons. The number of benzene rings is 1. The van der Waals surface area contributed by atoms with Gasteiger partial charge in [0, 0.05) is 24.7 Å². The van der Waals surface area contributed by atoms with Crippen molar-refractivity contribution in [3.8, 4) is 5.75 Å². The van der Waals surface area contributed by atoms with Crippen LogP contribution in [0.4, 0.5) is 0 Å². The second kappa shape index (κ2) is 7.36. The van der Waals surface area contributed by atoms with Gasteiger partial charge >= 0.3 is 0 Å². The molecule has 19 heavy (non-hydrogen) atoms. The number of piperidine rings is 1. The third-order valence-electron chi connectivity index (χ3n) is 3.14. The number of hydrogen-bond acceptors (Lipinski definition) is 3. The van der Waals surface area contributed by atoms with E-state index in [0.29, 0.717) is 18.7 Å². The Morgan fingerprint density at radius 1 is 1.53 bits per heavy atom. The molecule has 2 rings (SSSR count). The number of ether oxygens (including phenoxy) is 1. The molecule has 0 radical (unpaired) electrons. The molecule has 1 aromatic carbocycles. The van der Waals surface area contributed by atoms with Gasteiger partial charge in [0.15, 0.2) is 0 Å². The number of nitrogens with two attached hydrogens (primary N) is 1. The Hall–Kier alpha value is -1.26. The second-order valence-corrected chi connectivity index (χ2v) is 4.61. The van der Waals surface area contributed by atoms with E-state index in [2.05, 4.69) is 0 Å². The maximum absolute atomic E-state index is 12.3. The minimum Gasteiger partial charge on any atom is -0.494 e. The van der Waals surface area contributed by atoms with Crippen molar-refractivity contribution >= 4 is 18.3 Å². The molecule has 5 heteroatoms. The molecule has 1 saturated heterocycles. The Kier molecular flexibility index (Phi) is 6.12. The average Bonchev–Trinajstić information content (AvgIpc) is 2.39. The molecule has 1 amide bonds. The SMILES string of the molecule is CCOc1cccc(C(=O)N2CCCC(N)C2)c1.Cl. The van der Waals surface area contributed by atoms with Gasteiger partial charge in [0.25, 0.3) is 5.91 Å². The van der Waals surface area contributed by atoms with Crippen LogP contribution < -0.4 is 10.5 Å². The molecule has 1 unspecified atom stereocenters. The first-order valence-corrected chi connectivity index (χ1v) is 6.48. The molecule has 1 aliphatic rings. The van der Waals surface area contributed by atoms with Crippen molar-refractivity contribution in [3.05, 3.63) is 29.8 Å². The summed E-state index contributed by atoms with van der Waals surface area (Å²) in [5, 5.41) is 0. The van der Waals surface area contributed by atoms with Gasteiger partial charge in [-0.25, -0.2) is 0 Å². The summed E-state index contributed by atoms with van der Waals surface area (Å²) in [6.07, 6.45) is 1.99. The highest BCUT2D eigenvalue weighted by Crippen LogP contribution is 2.17. The average molecular weight is 285 g/mol. The fourth-order valence-electron chi connectivity index (χ4n) is 2.26. The number of carbonyl (C=O) groups excluding carboxylic acids is 1. The first-order valence-electron chi connectivity index (χ1n) is 6.48. The third-order valence-corrected chi connectivity index (χ3v) is 3.14. The lowest BCUT2D eigenvalue weighted by molar-refractivity contribution is 0.0708. The van der Waals surface area contributed by atoms with Crippen LogP contribution in [-0.4, -0.2) is 36.5 Å². The van der Waals surface area contributed by atoms with Gasteiger partial charge in [-0.05, 0) is 38.0 Å². The molecule has 1 aliphatic heterocycles. The molecule has 0 bridgehead atoms. The summed E-state index contributed by atoms with van der Waals surface area (Å²) in [4.78, 5) is 14.1. The zero-order valence-electron chi connectivity index (χ0n) is 11.2. The minimum absolute atomic E-state index is 0. The zero-order chi connectivity index (χ0) is 13.0. The molecular weight excluding hydrogens is 264 g/mol. The summed E-state index contributed by atoms with van der Waals surface area (Å²) in [7, 11) is 0. The Labute approximate surface area is 120 Å². The van der Waals surface area contributed by atoms with E-state index in [-0.39, 0.29) is 24.4 Å². The van der Waals surface area contributed by atoms with Crippen molar-refractivity contribution in [2.75, 3.05) is 19.7 Å². The van der Waals surface area contributed by atoms with Gasteiger partial charge in [-0.15, -0.1) is 12.4 Å². The van der Waals surface area contributed by atoms with Crippen molar-refractivity contribution in [1.29, 1.82) is 0 Å². The quantitative estimate of drug-likeness (QED) is 0.924. The molecular formula is C14H21ClN2O2. The fourth-order valence-corrected chi connectivity index (χ4v) is 2.26. The number of carbonyl (C=O) groups is 1. The zero-order valence-corrected chi connectivity index (χ0v) is 12.0. The normalized spacial score (nSPS) is 18.6. The van der Waals surface area contributed by atoms with Crippen LogP contribution in [0.25, 0.3) is 0 Å². The maximum Gasteiger partial charge on any atom is 0.254 e. The number of hydrogen-bond donors (Lipinski definition) is 1.